The summed E-state index contributed by atoms with van der Waals surface area (Å²) in [5.74, 6) is 0.861. The van der Waals surface area contributed by atoms with E-state index in [9.17, 15) is 4.79 Å². The zero-order valence-electron chi connectivity index (χ0n) is 16.7. The van der Waals surface area contributed by atoms with Crippen molar-refractivity contribution in [2.45, 2.75) is 19.4 Å². The van der Waals surface area contributed by atoms with E-state index in [2.05, 4.69) is 41.1 Å². The molecule has 0 atom stereocenters. The Balaban J connectivity index is 1.45. The van der Waals surface area contributed by atoms with Crippen LogP contribution in [0.2, 0.25) is 0 Å². The maximum absolute atomic E-state index is 12.6. The average molecular weight is 377 g/mol. The van der Waals surface area contributed by atoms with Gasteiger partial charge < -0.3 is 24.6 Å². The van der Waals surface area contributed by atoms with E-state index in [1.54, 1.807) is 7.11 Å². The standard InChI is InChI=1S/C20H32N4O3/c1-20(2,24-12-14-27-15-13-24)16-21-19(25)23-10-8-22(9-11-23)17-4-6-18(26-3)7-5-17/h4-7H,8-16H2,1-3H3,(H,21,25). The van der Waals surface area contributed by atoms with Crippen LogP contribution >= 0.6 is 0 Å². The van der Waals surface area contributed by atoms with Gasteiger partial charge in [0.1, 0.15) is 5.75 Å². The largest absolute Gasteiger partial charge is 0.497 e. The van der Waals surface area contributed by atoms with Gasteiger partial charge in [0, 0.05) is 57.0 Å². The Morgan fingerprint density at radius 3 is 2.30 bits per heavy atom. The fourth-order valence-electron chi connectivity index (χ4n) is 3.64. The molecule has 2 aliphatic heterocycles. The summed E-state index contributed by atoms with van der Waals surface area (Å²) < 4.78 is 10.6. The molecule has 0 unspecified atom stereocenters. The van der Waals surface area contributed by atoms with E-state index in [0.29, 0.717) is 6.54 Å². The van der Waals surface area contributed by atoms with Crippen LogP contribution in [0.4, 0.5) is 10.5 Å². The Labute approximate surface area is 162 Å². The summed E-state index contributed by atoms with van der Waals surface area (Å²) in [5.41, 5.74) is 1.11. The highest BCUT2D eigenvalue weighted by Crippen LogP contribution is 2.20. The molecule has 27 heavy (non-hydrogen) atoms. The van der Waals surface area contributed by atoms with Crippen LogP contribution in [-0.2, 0) is 4.74 Å². The van der Waals surface area contributed by atoms with Crippen molar-refractivity contribution in [3.8, 4) is 5.75 Å². The molecule has 1 aromatic carbocycles. The molecule has 2 saturated heterocycles. The molecule has 0 bridgehead atoms. The number of morpholine rings is 1. The second-order valence-corrected chi connectivity index (χ2v) is 7.74. The van der Waals surface area contributed by atoms with Crippen LogP contribution in [0, 0.1) is 0 Å². The van der Waals surface area contributed by atoms with Gasteiger partial charge in [0.2, 0.25) is 0 Å². The molecule has 3 rings (SSSR count). The molecule has 2 heterocycles. The first-order valence-electron chi connectivity index (χ1n) is 9.74. The Kier molecular flexibility index (Phi) is 6.44. The van der Waals surface area contributed by atoms with E-state index in [0.717, 1.165) is 58.2 Å². The van der Waals surface area contributed by atoms with Gasteiger partial charge in [-0.3, -0.25) is 4.90 Å². The fraction of sp³-hybridized carbons (Fsp3) is 0.650. The average Bonchev–Trinajstić information content (AvgIpc) is 2.73. The number of nitrogens with zero attached hydrogens (tertiary/aromatic N) is 3. The molecule has 0 radical (unpaired) electrons. The van der Waals surface area contributed by atoms with Gasteiger partial charge in [-0.05, 0) is 38.1 Å². The van der Waals surface area contributed by atoms with Crippen molar-refractivity contribution in [3.05, 3.63) is 24.3 Å². The number of benzene rings is 1. The lowest BCUT2D eigenvalue weighted by atomic mass is 10.0. The van der Waals surface area contributed by atoms with Crippen LogP contribution in [0.25, 0.3) is 0 Å². The molecule has 2 amide bonds. The zero-order chi connectivity index (χ0) is 19.3. The third-order valence-corrected chi connectivity index (χ3v) is 5.54. The topological polar surface area (TPSA) is 57.3 Å². The van der Waals surface area contributed by atoms with E-state index < -0.39 is 0 Å². The zero-order valence-corrected chi connectivity index (χ0v) is 16.7. The highest BCUT2D eigenvalue weighted by molar-refractivity contribution is 5.74. The molecular weight excluding hydrogens is 344 g/mol. The monoisotopic (exact) mass is 376 g/mol. The van der Waals surface area contributed by atoms with Gasteiger partial charge in [-0.1, -0.05) is 0 Å². The number of hydrogen-bond donors (Lipinski definition) is 1. The van der Waals surface area contributed by atoms with Crippen LogP contribution in [0.5, 0.6) is 5.75 Å². The molecule has 0 saturated carbocycles. The maximum Gasteiger partial charge on any atom is 0.317 e. The lowest BCUT2D eigenvalue weighted by Gasteiger charge is -2.41. The Hall–Kier alpha value is -1.99. The molecule has 0 aliphatic carbocycles. The second-order valence-electron chi connectivity index (χ2n) is 7.74. The summed E-state index contributed by atoms with van der Waals surface area (Å²) in [6.45, 7) is 11.5. The number of ether oxygens (including phenoxy) is 2. The van der Waals surface area contributed by atoms with Crippen LogP contribution in [-0.4, -0.2) is 87.5 Å². The molecule has 0 aromatic heterocycles. The summed E-state index contributed by atoms with van der Waals surface area (Å²) in [4.78, 5) is 19.2. The molecule has 1 N–H and O–H groups in total. The lowest BCUT2D eigenvalue weighted by molar-refractivity contribution is -0.00905. The number of rotatable bonds is 5. The second kappa shape index (κ2) is 8.80. The number of anilines is 1. The van der Waals surface area contributed by atoms with Gasteiger partial charge >= 0.3 is 6.03 Å². The number of carbonyl (C=O) groups excluding carboxylic acids is 1. The molecule has 1 aromatic rings. The molecule has 2 fully saturated rings. The van der Waals surface area contributed by atoms with Gasteiger partial charge in [0.15, 0.2) is 0 Å². The Bertz CT molecular complexity index is 606. The first kappa shape index (κ1) is 19.8. The highest BCUT2D eigenvalue weighted by Gasteiger charge is 2.30. The fourth-order valence-corrected chi connectivity index (χ4v) is 3.64. The van der Waals surface area contributed by atoms with Crippen molar-refractivity contribution >= 4 is 11.7 Å². The summed E-state index contributed by atoms with van der Waals surface area (Å²) in [6.07, 6.45) is 0. The van der Waals surface area contributed by atoms with Gasteiger partial charge in [-0.25, -0.2) is 4.79 Å². The van der Waals surface area contributed by atoms with Crippen molar-refractivity contribution in [2.24, 2.45) is 0 Å². The normalized spacial score (nSPS) is 19.1. The first-order valence-corrected chi connectivity index (χ1v) is 9.74. The molecular formula is C20H32N4O3. The highest BCUT2D eigenvalue weighted by atomic mass is 16.5. The third kappa shape index (κ3) is 5.05. The number of hydrogen-bond acceptors (Lipinski definition) is 5. The minimum Gasteiger partial charge on any atom is -0.497 e. The Morgan fingerprint density at radius 1 is 1.07 bits per heavy atom. The predicted molar refractivity (Wildman–Crippen MR) is 107 cm³/mol. The molecule has 7 heteroatoms. The van der Waals surface area contributed by atoms with E-state index in [-0.39, 0.29) is 11.6 Å². The van der Waals surface area contributed by atoms with Crippen molar-refractivity contribution in [3.63, 3.8) is 0 Å². The minimum atomic E-state index is -0.0651. The maximum atomic E-state index is 12.6. The van der Waals surface area contributed by atoms with Crippen LogP contribution in [0.1, 0.15) is 13.8 Å². The van der Waals surface area contributed by atoms with Crippen molar-refractivity contribution in [1.29, 1.82) is 0 Å². The van der Waals surface area contributed by atoms with Crippen LogP contribution < -0.4 is 15.0 Å². The van der Waals surface area contributed by atoms with Gasteiger partial charge in [-0.2, -0.15) is 0 Å². The number of urea groups is 1. The van der Waals surface area contributed by atoms with Gasteiger partial charge in [-0.15, -0.1) is 0 Å². The van der Waals surface area contributed by atoms with E-state index >= 15 is 0 Å². The number of carbonyl (C=O) groups is 1. The predicted octanol–water partition coefficient (Wildman–Crippen LogP) is 1.64. The quantitative estimate of drug-likeness (QED) is 0.847. The van der Waals surface area contributed by atoms with E-state index in [4.69, 9.17) is 9.47 Å². The van der Waals surface area contributed by atoms with Crippen molar-refractivity contribution in [2.75, 3.05) is 71.0 Å². The number of nitrogens with one attached hydrogen (secondary N) is 1. The third-order valence-electron chi connectivity index (χ3n) is 5.54. The Morgan fingerprint density at radius 2 is 1.70 bits per heavy atom. The van der Waals surface area contributed by atoms with Crippen molar-refractivity contribution in [1.82, 2.24) is 15.1 Å². The summed E-state index contributed by atoms with van der Waals surface area (Å²) in [6, 6.07) is 8.12. The molecule has 7 nitrogen and oxygen atoms in total. The lowest BCUT2D eigenvalue weighted by Crippen LogP contribution is -2.58. The van der Waals surface area contributed by atoms with Crippen molar-refractivity contribution < 1.29 is 14.3 Å². The smallest absolute Gasteiger partial charge is 0.317 e. The van der Waals surface area contributed by atoms with Gasteiger partial charge in [0.05, 0.1) is 20.3 Å². The van der Waals surface area contributed by atoms with Gasteiger partial charge in [0.25, 0.3) is 0 Å². The summed E-state index contributed by atoms with van der Waals surface area (Å²) in [7, 11) is 1.67. The number of methoxy groups -OCH3 is 1. The minimum absolute atomic E-state index is 0.0331. The van der Waals surface area contributed by atoms with E-state index in [1.807, 2.05) is 17.0 Å². The SMILES string of the molecule is COc1ccc(N2CCN(C(=O)NCC(C)(C)N3CCOCC3)CC2)cc1. The molecule has 0 spiro atoms. The summed E-state index contributed by atoms with van der Waals surface area (Å²) >= 11 is 0. The number of piperazine rings is 1. The molecule has 2 aliphatic rings. The number of amides is 2. The summed E-state index contributed by atoms with van der Waals surface area (Å²) in [5, 5.41) is 3.13. The van der Waals surface area contributed by atoms with Crippen LogP contribution in [0.15, 0.2) is 24.3 Å². The van der Waals surface area contributed by atoms with Crippen LogP contribution in [0.3, 0.4) is 0 Å². The molecule has 150 valence electrons. The van der Waals surface area contributed by atoms with E-state index in [1.165, 1.54) is 5.69 Å². The first-order chi connectivity index (χ1) is 13.0.